The molecule has 0 saturated carbocycles. The number of thioether (sulfide) groups is 2. The molecule has 0 aromatic heterocycles. The Hall–Kier alpha value is -4.22. The summed E-state index contributed by atoms with van der Waals surface area (Å²) >= 11 is 3.07. The molecule has 1 unspecified atom stereocenters. The lowest BCUT2D eigenvalue weighted by molar-refractivity contribution is -0.146. The highest BCUT2D eigenvalue weighted by Gasteiger charge is 2.45. The summed E-state index contributed by atoms with van der Waals surface area (Å²) in [5.41, 5.74) is 0.324. The zero-order chi connectivity index (χ0) is 45.3. The molecule has 5 rings (SSSR count). The summed E-state index contributed by atoms with van der Waals surface area (Å²) in [6, 6.07) is 26.0. The highest BCUT2D eigenvalue weighted by atomic mass is 32.2. The predicted octanol–water partition coefficient (Wildman–Crippen LogP) is 7.76. The van der Waals surface area contributed by atoms with Gasteiger partial charge in [0, 0.05) is 35.2 Å². The maximum atomic E-state index is 12.2. The first-order valence-corrected chi connectivity index (χ1v) is 23.9. The molecule has 0 spiro atoms. The number of benzene rings is 3. The number of carbonyl (C=O) groups is 5. The molecule has 3 aromatic carbocycles. The number of aliphatic hydroxyl groups excluding tert-OH is 1. The molecule has 16 heteroatoms. The Morgan fingerprint density at radius 3 is 1.52 bits per heavy atom. The van der Waals surface area contributed by atoms with E-state index in [0.29, 0.717) is 39.9 Å². The van der Waals surface area contributed by atoms with E-state index in [1.54, 1.807) is 104 Å². The van der Waals surface area contributed by atoms with Crippen LogP contribution in [0.4, 0.5) is 0 Å². The van der Waals surface area contributed by atoms with Crippen LogP contribution >= 0.6 is 23.5 Å². The van der Waals surface area contributed by atoms with Crippen molar-refractivity contribution < 1.29 is 60.6 Å². The Kier molecular flexibility index (Phi) is 21.0. The normalized spacial score (nSPS) is 24.5. The van der Waals surface area contributed by atoms with Crippen LogP contribution < -0.4 is 0 Å². The molecule has 1 N–H and O–H groups in total. The predicted molar refractivity (Wildman–Crippen MR) is 235 cm³/mol. The highest BCUT2D eigenvalue weighted by molar-refractivity contribution is 8.00. The standard InChI is InChI=1S/C16H20O4S.C15H20O6S.C14H18O3S/c1-4-13-10(2)14(16(21-13)19-11(3)17)20-15(18)12-8-6-5-7-9-12;1-4-13(21-22(3,18)19)11(2)14(10-16)20-15(17)12-8-6-5-7-9-12;1-3-11-9(2)12(14(16)18-11)17-13(15)10-7-5-4-6-8-10/h5-10,13-14,16H,4H2,1-3H3;5-11,13-14H,4H2,1-3H3;4-9,11-12,14,16H,3H2,1-2H3/t10-,13-,14-,16-;11-,13+,14+;9-,11-,12-,14?/m111/s1. The lowest BCUT2D eigenvalue weighted by atomic mass is 9.97. The number of hydrogen-bond acceptors (Lipinski definition) is 15. The third-order valence-electron chi connectivity index (χ3n) is 10.2. The van der Waals surface area contributed by atoms with Gasteiger partial charge in [0.15, 0.2) is 23.9 Å². The summed E-state index contributed by atoms with van der Waals surface area (Å²) in [6.45, 7) is 12.9. The maximum Gasteiger partial charge on any atom is 0.338 e. The van der Waals surface area contributed by atoms with E-state index in [1.807, 2.05) is 26.0 Å². The molecule has 0 radical (unpaired) electrons. The van der Waals surface area contributed by atoms with Crippen molar-refractivity contribution in [3.05, 3.63) is 108 Å². The van der Waals surface area contributed by atoms with Crippen LogP contribution in [-0.4, -0.2) is 95.7 Å². The van der Waals surface area contributed by atoms with Crippen molar-refractivity contribution >= 4 is 63.8 Å². The van der Waals surface area contributed by atoms with Gasteiger partial charge < -0.3 is 24.1 Å². The van der Waals surface area contributed by atoms with Crippen molar-refractivity contribution in [2.24, 2.45) is 17.8 Å². The van der Waals surface area contributed by atoms with Gasteiger partial charge in [-0.05, 0) is 55.7 Å². The largest absolute Gasteiger partial charge is 0.455 e. The van der Waals surface area contributed by atoms with Gasteiger partial charge in [-0.2, -0.15) is 8.42 Å². The lowest BCUT2D eigenvalue weighted by Crippen LogP contribution is -2.36. The second-order valence-electron chi connectivity index (χ2n) is 14.7. The molecule has 2 saturated heterocycles. The van der Waals surface area contributed by atoms with Crippen LogP contribution in [0.5, 0.6) is 0 Å². The molecule has 2 aliphatic heterocycles. The maximum absolute atomic E-state index is 12.2. The van der Waals surface area contributed by atoms with E-state index in [9.17, 15) is 37.5 Å². The highest BCUT2D eigenvalue weighted by Crippen LogP contribution is 2.43. The van der Waals surface area contributed by atoms with Gasteiger partial charge in [0.1, 0.15) is 11.5 Å². The van der Waals surface area contributed by atoms with E-state index in [2.05, 4.69) is 13.8 Å². The first-order chi connectivity index (χ1) is 28.9. The number of aliphatic hydroxyl groups is 1. The van der Waals surface area contributed by atoms with Gasteiger partial charge in [0.05, 0.1) is 29.1 Å². The molecule has 13 nitrogen and oxygen atoms in total. The molecule has 2 aliphatic rings. The van der Waals surface area contributed by atoms with Crippen molar-refractivity contribution in [3.8, 4) is 0 Å². The minimum absolute atomic E-state index is 0.150. The monoisotopic (exact) mass is 902 g/mol. The molecular formula is C45H58O13S3. The molecule has 334 valence electrons. The SMILES string of the molecule is CC[C@H](OS(C)(=O)=O)[C@@H](C)[C@H](C=O)OC(=O)c1ccccc1.CC[C@H]1SC(O)[C@H](OC(=O)c2ccccc2)[C@@H]1C.CC[C@H]1S[C@@H](OC(C)=O)[C@H](OC(=O)c2ccccc2)[C@@H]1C. The minimum atomic E-state index is -3.66. The first-order valence-electron chi connectivity index (χ1n) is 20.2. The Morgan fingerprint density at radius 1 is 0.705 bits per heavy atom. The third-order valence-corrected chi connectivity index (χ3v) is 14.2. The summed E-state index contributed by atoms with van der Waals surface area (Å²) < 4.78 is 49.0. The van der Waals surface area contributed by atoms with Crippen molar-refractivity contribution in [2.45, 2.75) is 114 Å². The number of rotatable bonds is 15. The van der Waals surface area contributed by atoms with Gasteiger partial charge in [0.25, 0.3) is 10.1 Å². The molecule has 0 aliphatic carbocycles. The molecule has 2 heterocycles. The molecule has 3 aromatic rings. The van der Waals surface area contributed by atoms with Crippen LogP contribution in [0.2, 0.25) is 0 Å². The summed E-state index contributed by atoms with van der Waals surface area (Å²) in [5, 5.41) is 10.6. The summed E-state index contributed by atoms with van der Waals surface area (Å²) in [7, 11) is -3.66. The fourth-order valence-corrected chi connectivity index (χ4v) is 10.5. The van der Waals surface area contributed by atoms with Crippen LogP contribution in [0.1, 0.15) is 98.8 Å². The Balaban J connectivity index is 0.000000245. The van der Waals surface area contributed by atoms with Crippen LogP contribution in [0, 0.1) is 17.8 Å². The topological polar surface area (TPSA) is 186 Å². The number of ether oxygens (including phenoxy) is 4. The van der Waals surface area contributed by atoms with Gasteiger partial charge in [-0.1, -0.05) is 96.1 Å². The van der Waals surface area contributed by atoms with Crippen LogP contribution in [0.3, 0.4) is 0 Å². The second kappa shape index (κ2) is 25.0. The van der Waals surface area contributed by atoms with E-state index in [4.69, 9.17) is 23.1 Å². The minimum Gasteiger partial charge on any atom is -0.455 e. The Morgan fingerprint density at radius 2 is 1.13 bits per heavy atom. The first kappa shape index (κ1) is 51.1. The zero-order valence-electron chi connectivity index (χ0n) is 35.8. The third kappa shape index (κ3) is 15.9. The quantitative estimate of drug-likeness (QED) is 0.0675. The zero-order valence-corrected chi connectivity index (χ0v) is 38.2. The van der Waals surface area contributed by atoms with E-state index in [0.717, 1.165) is 19.1 Å². The van der Waals surface area contributed by atoms with Crippen molar-refractivity contribution in [1.82, 2.24) is 0 Å². The van der Waals surface area contributed by atoms with E-state index < -0.39 is 57.3 Å². The van der Waals surface area contributed by atoms with Crippen molar-refractivity contribution in [2.75, 3.05) is 6.26 Å². The molecule has 61 heavy (non-hydrogen) atoms. The average molecular weight is 903 g/mol. The number of esters is 4. The average Bonchev–Trinajstić information content (AvgIpc) is 3.70. The Bertz CT molecular complexity index is 1950. The lowest BCUT2D eigenvalue weighted by Gasteiger charge is -2.26. The van der Waals surface area contributed by atoms with Gasteiger partial charge in [-0.3, -0.25) is 13.8 Å². The van der Waals surface area contributed by atoms with Gasteiger partial charge in [-0.15, -0.1) is 23.5 Å². The van der Waals surface area contributed by atoms with E-state index in [1.165, 1.54) is 18.7 Å². The second-order valence-corrected chi connectivity index (χ2v) is 19.0. The fourth-order valence-electron chi connectivity index (χ4n) is 6.73. The van der Waals surface area contributed by atoms with E-state index in [-0.39, 0.29) is 29.7 Å². The van der Waals surface area contributed by atoms with Gasteiger partial charge in [0.2, 0.25) is 0 Å². The van der Waals surface area contributed by atoms with Crippen LogP contribution in [-0.2, 0) is 42.8 Å². The fraction of sp³-hybridized carbons (Fsp3) is 0.489. The van der Waals surface area contributed by atoms with Gasteiger partial charge >= 0.3 is 23.9 Å². The summed E-state index contributed by atoms with van der Waals surface area (Å²) in [4.78, 5) is 58.6. The van der Waals surface area contributed by atoms with E-state index >= 15 is 0 Å². The molecule has 2 fully saturated rings. The smallest absolute Gasteiger partial charge is 0.338 e. The summed E-state index contributed by atoms with van der Waals surface area (Å²) in [6.07, 6.45) is 1.07. The molecule has 11 atom stereocenters. The van der Waals surface area contributed by atoms with Crippen LogP contribution in [0.15, 0.2) is 91.0 Å². The summed E-state index contributed by atoms with van der Waals surface area (Å²) in [5.74, 6) is -1.98. The van der Waals surface area contributed by atoms with Crippen molar-refractivity contribution in [1.29, 1.82) is 0 Å². The Labute approximate surface area is 368 Å². The molecular weight excluding hydrogens is 845 g/mol. The van der Waals surface area contributed by atoms with Gasteiger partial charge in [-0.25, -0.2) is 14.4 Å². The van der Waals surface area contributed by atoms with Crippen molar-refractivity contribution in [3.63, 3.8) is 0 Å². The van der Waals surface area contributed by atoms with Crippen LogP contribution in [0.25, 0.3) is 0 Å². The number of hydrogen-bond donors (Lipinski definition) is 1. The molecule has 0 amide bonds. The number of carbonyl (C=O) groups excluding carboxylic acids is 5. The molecule has 0 bridgehead atoms. The number of aldehydes is 1.